The summed E-state index contributed by atoms with van der Waals surface area (Å²) in [6.07, 6.45) is 0. The van der Waals surface area contributed by atoms with Gasteiger partial charge in [-0.15, -0.1) is 11.3 Å². The Morgan fingerprint density at radius 2 is 1.72 bits per heavy atom. The molecular formula is C18H12N2O3S2. The highest BCUT2D eigenvalue weighted by Gasteiger charge is 2.14. The van der Waals surface area contributed by atoms with Gasteiger partial charge < -0.3 is 14.3 Å². The molecule has 1 atom stereocenters. The van der Waals surface area contributed by atoms with Crippen molar-refractivity contribution in [2.75, 3.05) is 5.32 Å². The van der Waals surface area contributed by atoms with Gasteiger partial charge in [-0.3, -0.25) is 0 Å². The van der Waals surface area contributed by atoms with Crippen LogP contribution < -0.4 is 10.9 Å². The minimum absolute atomic E-state index is 0.136. The third-order valence-corrected chi connectivity index (χ3v) is 5.74. The molecule has 0 aliphatic carbocycles. The second-order valence-electron chi connectivity index (χ2n) is 5.18. The highest BCUT2D eigenvalue weighted by molar-refractivity contribution is 7.91. The summed E-state index contributed by atoms with van der Waals surface area (Å²) in [5, 5.41) is 5.24. The fraction of sp³-hybridized carbons (Fsp3) is 0. The summed E-state index contributed by atoms with van der Waals surface area (Å²) >= 11 is 0.145. The first kappa shape index (κ1) is 15.9. The Morgan fingerprint density at radius 3 is 2.48 bits per heavy atom. The van der Waals surface area contributed by atoms with Crippen LogP contribution in [0.25, 0.3) is 10.2 Å². The summed E-state index contributed by atoms with van der Waals surface area (Å²) in [7, 11) is 0. The molecule has 0 radical (unpaired) electrons. The summed E-state index contributed by atoms with van der Waals surface area (Å²) in [6.45, 7) is 0. The lowest BCUT2D eigenvalue weighted by molar-refractivity contribution is 0.522. The van der Waals surface area contributed by atoms with E-state index in [9.17, 15) is 9.35 Å². The van der Waals surface area contributed by atoms with Crippen LogP contribution in [0.15, 0.2) is 85.0 Å². The Morgan fingerprint density at radius 1 is 1.00 bits per heavy atom. The van der Waals surface area contributed by atoms with E-state index in [2.05, 4.69) is 10.3 Å². The van der Waals surface area contributed by atoms with Gasteiger partial charge in [-0.25, -0.2) is 4.79 Å². The van der Waals surface area contributed by atoms with Crippen LogP contribution in [0.3, 0.4) is 0 Å². The van der Waals surface area contributed by atoms with Crippen LogP contribution in [-0.4, -0.2) is 9.54 Å². The molecule has 2 aromatic heterocycles. The fourth-order valence-electron chi connectivity index (χ4n) is 2.32. The third-order valence-electron chi connectivity index (χ3n) is 3.53. The Hall–Kier alpha value is -2.61. The maximum absolute atomic E-state index is 12.5. The van der Waals surface area contributed by atoms with Crippen LogP contribution in [-0.2, 0) is 11.2 Å². The predicted octanol–water partition coefficient (Wildman–Crippen LogP) is 4.16. The number of aromatic nitrogens is 1. The molecule has 0 bridgehead atoms. The first-order valence-electron chi connectivity index (χ1n) is 7.43. The lowest BCUT2D eigenvalue weighted by atomic mass is 10.3. The van der Waals surface area contributed by atoms with E-state index in [1.165, 1.54) is 11.3 Å². The largest absolute Gasteiger partial charge is 0.606 e. The van der Waals surface area contributed by atoms with Crippen LogP contribution in [0.1, 0.15) is 0 Å². The zero-order valence-electron chi connectivity index (χ0n) is 12.8. The van der Waals surface area contributed by atoms with Gasteiger partial charge in [0.25, 0.3) is 0 Å². The van der Waals surface area contributed by atoms with Crippen molar-refractivity contribution in [1.29, 1.82) is 0 Å². The summed E-state index contributed by atoms with van der Waals surface area (Å²) in [6, 6.07) is 18.2. The summed E-state index contributed by atoms with van der Waals surface area (Å²) < 4.78 is 17.7. The van der Waals surface area contributed by atoms with Crippen molar-refractivity contribution < 1.29 is 8.97 Å². The molecule has 1 unspecified atom stereocenters. The number of nitrogens with zero attached hydrogens (tertiary/aromatic N) is 1. The Balaban J connectivity index is 1.56. The smallest absolute Gasteiger partial charge is 0.349 e. The first-order valence-corrected chi connectivity index (χ1v) is 9.46. The van der Waals surface area contributed by atoms with Gasteiger partial charge in [0.1, 0.15) is 4.83 Å². The number of rotatable bonds is 4. The molecule has 2 heterocycles. The molecule has 5 nitrogen and oxygen atoms in total. The Bertz CT molecular complexity index is 1060. The van der Waals surface area contributed by atoms with E-state index < -0.39 is 16.8 Å². The molecule has 0 amide bonds. The van der Waals surface area contributed by atoms with Crippen LogP contribution in [0.4, 0.5) is 11.7 Å². The van der Waals surface area contributed by atoms with E-state index in [0.29, 0.717) is 20.8 Å². The average Bonchev–Trinajstić information content (AvgIpc) is 3.12. The second-order valence-corrected chi connectivity index (χ2v) is 7.55. The van der Waals surface area contributed by atoms with Crippen molar-refractivity contribution in [1.82, 2.24) is 4.98 Å². The summed E-state index contributed by atoms with van der Waals surface area (Å²) in [5.41, 5.74) is 0.274. The topological polar surface area (TPSA) is 78.2 Å². The monoisotopic (exact) mass is 368 g/mol. The maximum Gasteiger partial charge on any atom is 0.349 e. The lowest BCUT2D eigenvalue weighted by Gasteiger charge is -2.10. The van der Waals surface area contributed by atoms with Crippen LogP contribution in [0.5, 0.6) is 0 Å². The first-order chi connectivity index (χ1) is 12.2. The molecule has 0 fully saturated rings. The van der Waals surface area contributed by atoms with Gasteiger partial charge in [-0.2, -0.15) is 4.98 Å². The van der Waals surface area contributed by atoms with E-state index in [0.717, 1.165) is 4.90 Å². The molecule has 0 spiro atoms. The fourth-order valence-corrected chi connectivity index (χ4v) is 4.13. The molecule has 0 aliphatic heterocycles. The molecule has 2 aromatic carbocycles. The number of hydrogen-bond acceptors (Lipinski definition) is 6. The number of hydrogen-bond donors (Lipinski definition) is 1. The molecule has 1 N–H and O–H groups in total. The molecule has 25 heavy (non-hydrogen) atoms. The molecular weight excluding hydrogens is 356 g/mol. The average molecular weight is 368 g/mol. The standard InChI is InChI=1S/C18H12N2O3S2/c21-17-15-10-11-24-16(15)20-18(23-17)19-12-6-8-14(9-7-12)25(22)13-4-2-1-3-5-13/h1-11H,(H,19,20). The van der Waals surface area contributed by atoms with E-state index >= 15 is 0 Å². The van der Waals surface area contributed by atoms with E-state index in [1.54, 1.807) is 35.7 Å². The molecule has 0 saturated carbocycles. The second kappa shape index (κ2) is 6.72. The minimum atomic E-state index is -1.23. The molecule has 0 aliphatic rings. The van der Waals surface area contributed by atoms with Gasteiger partial charge >= 0.3 is 11.6 Å². The third kappa shape index (κ3) is 3.30. The molecule has 124 valence electrons. The normalized spacial score (nSPS) is 12.2. The van der Waals surface area contributed by atoms with E-state index in [4.69, 9.17) is 4.42 Å². The van der Waals surface area contributed by atoms with Gasteiger partial charge in [-0.1, -0.05) is 18.2 Å². The zero-order valence-corrected chi connectivity index (χ0v) is 14.5. The van der Waals surface area contributed by atoms with Gasteiger partial charge in [0.2, 0.25) is 0 Å². The number of nitrogens with one attached hydrogen (secondary N) is 1. The SMILES string of the molecule is O=c1oc(Nc2ccc([S+]([O-])c3ccccc3)cc2)nc2sccc12. The lowest BCUT2D eigenvalue weighted by Crippen LogP contribution is -2.04. The maximum atomic E-state index is 12.5. The van der Waals surface area contributed by atoms with Crippen molar-refractivity contribution in [2.24, 2.45) is 0 Å². The van der Waals surface area contributed by atoms with E-state index in [1.807, 2.05) is 30.3 Å². The molecule has 0 saturated heterocycles. The predicted molar refractivity (Wildman–Crippen MR) is 99.0 cm³/mol. The van der Waals surface area contributed by atoms with Crippen molar-refractivity contribution in [3.05, 3.63) is 76.5 Å². The quantitative estimate of drug-likeness (QED) is 0.547. The Kier molecular flexibility index (Phi) is 4.27. The van der Waals surface area contributed by atoms with Crippen LogP contribution >= 0.6 is 11.3 Å². The van der Waals surface area contributed by atoms with Gasteiger partial charge in [0, 0.05) is 16.9 Å². The molecule has 4 rings (SSSR count). The van der Waals surface area contributed by atoms with Gasteiger partial charge in [-0.05, 0) is 47.8 Å². The van der Waals surface area contributed by atoms with Gasteiger partial charge in [0.15, 0.2) is 9.79 Å². The van der Waals surface area contributed by atoms with E-state index in [-0.39, 0.29) is 6.01 Å². The minimum Gasteiger partial charge on any atom is -0.606 e. The Labute approximate surface area is 150 Å². The number of anilines is 2. The molecule has 7 heteroatoms. The van der Waals surface area contributed by atoms with Crippen molar-refractivity contribution in [3.8, 4) is 0 Å². The summed E-state index contributed by atoms with van der Waals surface area (Å²) in [5.74, 6) is 0. The highest BCUT2D eigenvalue weighted by atomic mass is 32.2. The zero-order chi connectivity index (χ0) is 17.2. The number of fused-ring (bicyclic) bond motifs is 1. The van der Waals surface area contributed by atoms with Crippen molar-refractivity contribution in [2.45, 2.75) is 9.79 Å². The van der Waals surface area contributed by atoms with Crippen LogP contribution in [0.2, 0.25) is 0 Å². The molecule has 4 aromatic rings. The number of benzene rings is 2. The van der Waals surface area contributed by atoms with Crippen molar-refractivity contribution in [3.63, 3.8) is 0 Å². The summed E-state index contributed by atoms with van der Waals surface area (Å²) in [4.78, 5) is 18.2. The van der Waals surface area contributed by atoms with Gasteiger partial charge in [0.05, 0.1) is 5.39 Å². The highest BCUT2D eigenvalue weighted by Crippen LogP contribution is 2.24. The van der Waals surface area contributed by atoms with Crippen molar-refractivity contribution >= 4 is 44.4 Å². The number of thiophene rings is 1. The van der Waals surface area contributed by atoms with Crippen LogP contribution in [0, 0.1) is 0 Å².